The van der Waals surface area contributed by atoms with Gasteiger partial charge in [-0.05, 0) is 68.3 Å². The van der Waals surface area contributed by atoms with Crippen molar-refractivity contribution >= 4 is 32.5 Å². The molecule has 1 aliphatic rings. The van der Waals surface area contributed by atoms with E-state index in [-0.39, 0.29) is 54.1 Å². The van der Waals surface area contributed by atoms with Gasteiger partial charge in [-0.3, -0.25) is 4.90 Å². The van der Waals surface area contributed by atoms with Crippen LogP contribution in [0.3, 0.4) is 0 Å². The van der Waals surface area contributed by atoms with Gasteiger partial charge >= 0.3 is 0 Å². The maximum atomic E-state index is 14.1. The highest BCUT2D eigenvalue weighted by molar-refractivity contribution is 7.89. The standard InChI is InChI=1S/C32H41N3O6S2.ClH/c1-26-12-15-30(16-13-26)42(36,37)34-20-8-18-33(25-28-10-6-5-7-11-28)19-9-21-35(24-27(2)23-34)43(38,39)32-17-14-29(40-3)22-31(32)41-4;/h5-7,10-17,22H,2,8-9,18-21,23-25H2,1,3-4H3;1H. The van der Waals surface area contributed by atoms with Crippen molar-refractivity contribution < 1.29 is 26.3 Å². The summed E-state index contributed by atoms with van der Waals surface area (Å²) in [6, 6.07) is 21.4. The van der Waals surface area contributed by atoms with E-state index < -0.39 is 20.0 Å². The molecule has 0 unspecified atom stereocenters. The lowest BCUT2D eigenvalue weighted by molar-refractivity contribution is 0.238. The molecule has 1 saturated heterocycles. The first-order valence-corrected chi connectivity index (χ1v) is 17.1. The Hall–Kier alpha value is -2.93. The van der Waals surface area contributed by atoms with Gasteiger partial charge in [-0.15, -0.1) is 12.4 Å². The van der Waals surface area contributed by atoms with E-state index in [1.165, 1.54) is 35.0 Å². The van der Waals surface area contributed by atoms with Crippen LogP contribution in [-0.4, -0.2) is 83.8 Å². The highest BCUT2D eigenvalue weighted by Crippen LogP contribution is 2.31. The molecular formula is C32H42ClN3O6S2. The lowest BCUT2D eigenvalue weighted by Gasteiger charge is -2.30. The van der Waals surface area contributed by atoms with Crippen LogP contribution in [0.25, 0.3) is 0 Å². The summed E-state index contributed by atoms with van der Waals surface area (Å²) in [5, 5.41) is 0. The summed E-state index contributed by atoms with van der Waals surface area (Å²) in [5.74, 6) is 0.646. The van der Waals surface area contributed by atoms with Crippen molar-refractivity contribution in [1.29, 1.82) is 0 Å². The quantitative estimate of drug-likeness (QED) is 0.314. The first kappa shape index (κ1) is 35.5. The molecule has 3 aromatic carbocycles. The smallest absolute Gasteiger partial charge is 0.247 e. The van der Waals surface area contributed by atoms with Crippen molar-refractivity contribution in [2.24, 2.45) is 0 Å². The van der Waals surface area contributed by atoms with Crippen molar-refractivity contribution in [1.82, 2.24) is 13.5 Å². The highest BCUT2D eigenvalue weighted by Gasteiger charge is 2.31. The Kier molecular flexibility index (Phi) is 12.8. The Morgan fingerprint density at radius 2 is 1.34 bits per heavy atom. The number of hydrogen-bond donors (Lipinski definition) is 0. The molecule has 4 rings (SSSR count). The molecule has 12 heteroatoms. The van der Waals surface area contributed by atoms with Crippen molar-refractivity contribution in [3.8, 4) is 11.5 Å². The van der Waals surface area contributed by atoms with Crippen molar-refractivity contribution in [3.05, 3.63) is 96.1 Å². The lowest BCUT2D eigenvalue weighted by atomic mass is 10.2. The number of benzene rings is 3. The Labute approximate surface area is 268 Å². The van der Waals surface area contributed by atoms with Crippen LogP contribution in [0.2, 0.25) is 0 Å². The molecule has 0 amide bonds. The van der Waals surface area contributed by atoms with Crippen LogP contribution in [0.4, 0.5) is 0 Å². The monoisotopic (exact) mass is 663 g/mol. The number of nitrogens with zero attached hydrogens (tertiary/aromatic N) is 3. The van der Waals surface area contributed by atoms with Gasteiger partial charge in [0.15, 0.2) is 0 Å². The third kappa shape index (κ3) is 8.83. The van der Waals surface area contributed by atoms with Crippen molar-refractivity contribution in [2.75, 3.05) is 53.5 Å². The van der Waals surface area contributed by atoms with Crippen LogP contribution in [0, 0.1) is 6.92 Å². The maximum absolute atomic E-state index is 14.1. The lowest BCUT2D eigenvalue weighted by Crippen LogP contribution is -2.41. The Morgan fingerprint density at radius 3 is 1.91 bits per heavy atom. The van der Waals surface area contributed by atoms with Gasteiger partial charge in [0, 0.05) is 38.8 Å². The number of rotatable bonds is 8. The number of sulfonamides is 2. The third-order valence-electron chi connectivity index (χ3n) is 7.46. The van der Waals surface area contributed by atoms with E-state index in [0.29, 0.717) is 43.8 Å². The van der Waals surface area contributed by atoms with E-state index in [1.807, 2.05) is 25.1 Å². The minimum absolute atomic E-state index is 0. The topological polar surface area (TPSA) is 96.5 Å². The average molecular weight is 664 g/mol. The summed E-state index contributed by atoms with van der Waals surface area (Å²) in [6.45, 7) is 8.49. The van der Waals surface area contributed by atoms with E-state index in [2.05, 4.69) is 23.6 Å². The molecule has 240 valence electrons. The second kappa shape index (κ2) is 15.9. The molecule has 0 spiro atoms. The minimum atomic E-state index is -4.03. The molecule has 0 aliphatic carbocycles. The fraction of sp³-hybridized carbons (Fsp3) is 0.375. The fourth-order valence-electron chi connectivity index (χ4n) is 5.16. The second-order valence-corrected chi connectivity index (χ2v) is 14.6. The molecular weight excluding hydrogens is 622 g/mol. The molecule has 0 radical (unpaired) electrons. The fourth-order valence-corrected chi connectivity index (χ4v) is 8.29. The molecule has 0 aromatic heterocycles. The molecule has 1 heterocycles. The zero-order valence-corrected chi connectivity index (χ0v) is 28.0. The molecule has 1 fully saturated rings. The molecule has 0 N–H and O–H groups in total. The van der Waals surface area contributed by atoms with Gasteiger partial charge in [-0.1, -0.05) is 54.6 Å². The highest BCUT2D eigenvalue weighted by atomic mass is 35.5. The van der Waals surface area contributed by atoms with Crippen LogP contribution >= 0.6 is 12.4 Å². The Morgan fingerprint density at radius 1 is 0.750 bits per heavy atom. The normalized spacial score (nSPS) is 16.8. The summed E-state index contributed by atoms with van der Waals surface area (Å²) in [6.07, 6.45) is 1.21. The zero-order chi connectivity index (χ0) is 31.0. The largest absolute Gasteiger partial charge is 0.497 e. The predicted octanol–water partition coefficient (Wildman–Crippen LogP) is 4.97. The summed E-state index contributed by atoms with van der Waals surface area (Å²) in [5.41, 5.74) is 2.58. The van der Waals surface area contributed by atoms with Gasteiger partial charge in [-0.2, -0.15) is 8.61 Å². The van der Waals surface area contributed by atoms with Gasteiger partial charge in [0.2, 0.25) is 20.0 Å². The number of ether oxygens (including phenoxy) is 2. The Balaban J connectivity index is 0.00000529. The number of hydrogen-bond acceptors (Lipinski definition) is 7. The first-order valence-electron chi connectivity index (χ1n) is 14.3. The van der Waals surface area contributed by atoms with E-state index in [4.69, 9.17) is 9.47 Å². The minimum Gasteiger partial charge on any atom is -0.497 e. The average Bonchev–Trinajstić information content (AvgIpc) is 2.99. The molecule has 3 aromatic rings. The predicted molar refractivity (Wildman–Crippen MR) is 176 cm³/mol. The van der Waals surface area contributed by atoms with Gasteiger partial charge < -0.3 is 9.47 Å². The van der Waals surface area contributed by atoms with E-state index in [0.717, 1.165) is 11.1 Å². The van der Waals surface area contributed by atoms with Gasteiger partial charge in [0.1, 0.15) is 16.4 Å². The molecule has 0 bridgehead atoms. The molecule has 9 nitrogen and oxygen atoms in total. The molecule has 0 atom stereocenters. The summed E-state index contributed by atoms with van der Waals surface area (Å²) >= 11 is 0. The second-order valence-electron chi connectivity index (χ2n) is 10.7. The Bertz CT molecular complexity index is 1600. The summed E-state index contributed by atoms with van der Waals surface area (Å²) in [4.78, 5) is 2.47. The number of methoxy groups -OCH3 is 2. The molecule has 1 aliphatic heterocycles. The van der Waals surface area contributed by atoms with E-state index in [1.54, 1.807) is 30.3 Å². The van der Waals surface area contributed by atoms with Gasteiger partial charge in [0.25, 0.3) is 0 Å². The van der Waals surface area contributed by atoms with E-state index in [9.17, 15) is 16.8 Å². The van der Waals surface area contributed by atoms with Gasteiger partial charge in [-0.25, -0.2) is 16.8 Å². The van der Waals surface area contributed by atoms with Crippen LogP contribution < -0.4 is 9.47 Å². The van der Waals surface area contributed by atoms with Crippen molar-refractivity contribution in [2.45, 2.75) is 36.1 Å². The van der Waals surface area contributed by atoms with Crippen LogP contribution in [0.5, 0.6) is 11.5 Å². The first-order chi connectivity index (χ1) is 20.5. The number of halogens is 1. The van der Waals surface area contributed by atoms with Crippen LogP contribution in [-0.2, 0) is 26.6 Å². The summed E-state index contributed by atoms with van der Waals surface area (Å²) < 4.78 is 69.2. The number of aryl methyl sites for hydroxylation is 1. The van der Waals surface area contributed by atoms with Gasteiger partial charge in [0.05, 0.1) is 19.1 Å². The third-order valence-corrected chi connectivity index (χ3v) is 11.2. The molecule has 44 heavy (non-hydrogen) atoms. The summed E-state index contributed by atoms with van der Waals surface area (Å²) in [7, 11) is -4.96. The van der Waals surface area contributed by atoms with Crippen LogP contribution in [0.15, 0.2) is 94.7 Å². The van der Waals surface area contributed by atoms with E-state index >= 15 is 0 Å². The van der Waals surface area contributed by atoms with Crippen LogP contribution in [0.1, 0.15) is 24.0 Å². The van der Waals surface area contributed by atoms with Crippen molar-refractivity contribution in [3.63, 3.8) is 0 Å². The zero-order valence-electron chi connectivity index (χ0n) is 25.5. The SMILES string of the molecule is C=C1CN(S(=O)(=O)c2ccc(C)cc2)CCCN(Cc2ccccc2)CCCN(S(=O)(=O)c2ccc(OC)cc2OC)C1.Cl. The molecule has 0 saturated carbocycles. The maximum Gasteiger partial charge on any atom is 0.247 e.